The van der Waals surface area contributed by atoms with Gasteiger partial charge in [-0.3, -0.25) is 4.79 Å². The maximum atomic E-state index is 11.8. The standard InChI is InChI=1S/C14H28N2O/c1-4-11(10-15)9-13(17)16-12-5-7-14(2,3)8-6-12/h11-12H,4-10,15H2,1-3H3,(H,16,17). The molecule has 1 amide bonds. The van der Waals surface area contributed by atoms with E-state index in [1.807, 2.05) is 0 Å². The van der Waals surface area contributed by atoms with Crippen LogP contribution in [-0.4, -0.2) is 18.5 Å². The molecule has 3 nitrogen and oxygen atoms in total. The molecule has 1 rings (SSSR count). The van der Waals surface area contributed by atoms with Crippen LogP contribution in [0, 0.1) is 11.3 Å². The number of nitrogens with two attached hydrogens (primary N) is 1. The van der Waals surface area contributed by atoms with Crippen molar-refractivity contribution in [3.63, 3.8) is 0 Å². The second-order valence-corrected chi connectivity index (χ2v) is 6.22. The monoisotopic (exact) mass is 240 g/mol. The Balaban J connectivity index is 2.28. The Hall–Kier alpha value is -0.570. The number of carbonyl (C=O) groups is 1. The molecule has 0 bridgehead atoms. The van der Waals surface area contributed by atoms with Crippen molar-refractivity contribution in [3.8, 4) is 0 Å². The normalized spacial score (nSPS) is 22.1. The van der Waals surface area contributed by atoms with Gasteiger partial charge in [-0.25, -0.2) is 0 Å². The van der Waals surface area contributed by atoms with E-state index in [9.17, 15) is 4.79 Å². The molecule has 0 aliphatic heterocycles. The molecular weight excluding hydrogens is 212 g/mol. The number of amides is 1. The minimum absolute atomic E-state index is 0.187. The van der Waals surface area contributed by atoms with Crippen LogP contribution in [0.15, 0.2) is 0 Å². The van der Waals surface area contributed by atoms with Gasteiger partial charge in [-0.05, 0) is 43.6 Å². The lowest BCUT2D eigenvalue weighted by molar-refractivity contribution is -0.123. The molecule has 0 heterocycles. The van der Waals surface area contributed by atoms with Gasteiger partial charge in [0.25, 0.3) is 0 Å². The van der Waals surface area contributed by atoms with E-state index in [4.69, 9.17) is 5.73 Å². The fourth-order valence-corrected chi connectivity index (χ4v) is 2.49. The van der Waals surface area contributed by atoms with E-state index in [0.29, 0.717) is 30.3 Å². The molecule has 0 aromatic rings. The lowest BCUT2D eigenvalue weighted by Gasteiger charge is -2.34. The lowest BCUT2D eigenvalue weighted by Crippen LogP contribution is -2.40. The molecule has 100 valence electrons. The molecule has 1 atom stereocenters. The van der Waals surface area contributed by atoms with E-state index in [0.717, 1.165) is 19.3 Å². The predicted molar refractivity (Wildman–Crippen MR) is 71.6 cm³/mol. The van der Waals surface area contributed by atoms with Gasteiger partial charge in [0.15, 0.2) is 0 Å². The van der Waals surface area contributed by atoms with E-state index in [2.05, 4.69) is 26.1 Å². The van der Waals surface area contributed by atoms with Gasteiger partial charge in [-0.1, -0.05) is 27.2 Å². The third kappa shape index (κ3) is 5.07. The second-order valence-electron chi connectivity index (χ2n) is 6.22. The van der Waals surface area contributed by atoms with Crippen molar-refractivity contribution in [3.05, 3.63) is 0 Å². The molecular formula is C14H28N2O. The molecule has 1 aliphatic rings. The number of carbonyl (C=O) groups excluding carboxylic acids is 1. The van der Waals surface area contributed by atoms with E-state index in [-0.39, 0.29) is 5.91 Å². The summed E-state index contributed by atoms with van der Waals surface area (Å²) in [6.07, 6.45) is 6.25. The maximum absolute atomic E-state index is 11.8. The average Bonchev–Trinajstić information content (AvgIpc) is 2.29. The molecule has 0 radical (unpaired) electrons. The molecule has 0 spiro atoms. The van der Waals surface area contributed by atoms with Gasteiger partial charge >= 0.3 is 0 Å². The fraction of sp³-hybridized carbons (Fsp3) is 0.929. The summed E-state index contributed by atoms with van der Waals surface area (Å²) in [5, 5.41) is 3.16. The Kier molecular flexibility index (Phi) is 5.44. The van der Waals surface area contributed by atoms with Crippen molar-refractivity contribution < 1.29 is 4.79 Å². The summed E-state index contributed by atoms with van der Waals surface area (Å²) < 4.78 is 0. The maximum Gasteiger partial charge on any atom is 0.220 e. The summed E-state index contributed by atoms with van der Waals surface area (Å²) in [6.45, 7) is 7.33. The van der Waals surface area contributed by atoms with Crippen molar-refractivity contribution in [1.82, 2.24) is 5.32 Å². The molecule has 3 N–H and O–H groups in total. The Morgan fingerprint density at radius 2 is 2.00 bits per heavy atom. The molecule has 0 aromatic heterocycles. The molecule has 17 heavy (non-hydrogen) atoms. The average molecular weight is 240 g/mol. The molecule has 1 saturated carbocycles. The van der Waals surface area contributed by atoms with Gasteiger partial charge < -0.3 is 11.1 Å². The number of nitrogens with one attached hydrogen (secondary N) is 1. The smallest absolute Gasteiger partial charge is 0.220 e. The highest BCUT2D eigenvalue weighted by Gasteiger charge is 2.27. The number of rotatable bonds is 5. The second kappa shape index (κ2) is 6.39. The Labute approximate surface area is 106 Å². The minimum atomic E-state index is 0.187. The van der Waals surface area contributed by atoms with Gasteiger partial charge in [-0.2, -0.15) is 0 Å². The zero-order chi connectivity index (χ0) is 12.9. The number of hydrogen-bond acceptors (Lipinski definition) is 2. The van der Waals surface area contributed by atoms with Crippen molar-refractivity contribution in [2.24, 2.45) is 17.1 Å². The van der Waals surface area contributed by atoms with Crippen LogP contribution >= 0.6 is 0 Å². The summed E-state index contributed by atoms with van der Waals surface area (Å²) in [5.41, 5.74) is 6.08. The summed E-state index contributed by atoms with van der Waals surface area (Å²) in [4.78, 5) is 11.8. The van der Waals surface area contributed by atoms with Crippen molar-refractivity contribution in [1.29, 1.82) is 0 Å². The number of hydrogen-bond donors (Lipinski definition) is 2. The van der Waals surface area contributed by atoms with Crippen LogP contribution in [0.1, 0.15) is 59.3 Å². The molecule has 1 aliphatic carbocycles. The molecule has 0 saturated heterocycles. The first-order chi connectivity index (χ1) is 7.96. The summed E-state index contributed by atoms with van der Waals surface area (Å²) in [7, 11) is 0. The zero-order valence-corrected chi connectivity index (χ0v) is 11.6. The van der Waals surface area contributed by atoms with Crippen LogP contribution < -0.4 is 11.1 Å². The molecule has 3 heteroatoms. The van der Waals surface area contributed by atoms with Gasteiger partial charge in [0.2, 0.25) is 5.91 Å². The Morgan fingerprint density at radius 1 is 1.41 bits per heavy atom. The Bertz CT molecular complexity index is 237. The van der Waals surface area contributed by atoms with E-state index >= 15 is 0 Å². The zero-order valence-electron chi connectivity index (χ0n) is 11.6. The van der Waals surface area contributed by atoms with E-state index in [1.54, 1.807) is 0 Å². The van der Waals surface area contributed by atoms with Crippen LogP contribution in [0.4, 0.5) is 0 Å². The van der Waals surface area contributed by atoms with Gasteiger partial charge in [0.05, 0.1) is 0 Å². The van der Waals surface area contributed by atoms with Crippen LogP contribution in [0.3, 0.4) is 0 Å². The summed E-state index contributed by atoms with van der Waals surface area (Å²) >= 11 is 0. The van der Waals surface area contributed by atoms with Gasteiger partial charge in [0.1, 0.15) is 0 Å². The van der Waals surface area contributed by atoms with E-state index in [1.165, 1.54) is 12.8 Å². The first kappa shape index (κ1) is 14.5. The summed E-state index contributed by atoms with van der Waals surface area (Å²) in [5.74, 6) is 0.530. The molecule has 0 aromatic carbocycles. The third-order valence-electron chi connectivity index (χ3n) is 4.09. The van der Waals surface area contributed by atoms with Crippen LogP contribution in [-0.2, 0) is 4.79 Å². The molecule has 1 unspecified atom stereocenters. The van der Waals surface area contributed by atoms with Crippen LogP contribution in [0.2, 0.25) is 0 Å². The minimum Gasteiger partial charge on any atom is -0.353 e. The first-order valence-corrected chi connectivity index (χ1v) is 6.96. The third-order valence-corrected chi connectivity index (χ3v) is 4.09. The van der Waals surface area contributed by atoms with Gasteiger partial charge in [-0.15, -0.1) is 0 Å². The first-order valence-electron chi connectivity index (χ1n) is 6.96. The predicted octanol–water partition coefficient (Wildman–Crippen LogP) is 2.45. The van der Waals surface area contributed by atoms with Crippen LogP contribution in [0.25, 0.3) is 0 Å². The highest BCUT2D eigenvalue weighted by Crippen LogP contribution is 2.34. The topological polar surface area (TPSA) is 55.1 Å². The van der Waals surface area contributed by atoms with E-state index < -0.39 is 0 Å². The highest BCUT2D eigenvalue weighted by molar-refractivity contribution is 5.76. The SMILES string of the molecule is CCC(CN)CC(=O)NC1CCC(C)(C)CC1. The quantitative estimate of drug-likeness (QED) is 0.775. The Morgan fingerprint density at radius 3 is 2.47 bits per heavy atom. The largest absolute Gasteiger partial charge is 0.353 e. The fourth-order valence-electron chi connectivity index (χ4n) is 2.49. The summed E-state index contributed by atoms with van der Waals surface area (Å²) in [6, 6.07) is 0.394. The molecule has 1 fully saturated rings. The lowest BCUT2D eigenvalue weighted by atomic mass is 9.75. The highest BCUT2D eigenvalue weighted by atomic mass is 16.1. The van der Waals surface area contributed by atoms with Crippen molar-refractivity contribution >= 4 is 5.91 Å². The van der Waals surface area contributed by atoms with Crippen LogP contribution in [0.5, 0.6) is 0 Å². The van der Waals surface area contributed by atoms with Crippen molar-refractivity contribution in [2.75, 3.05) is 6.54 Å². The van der Waals surface area contributed by atoms with Gasteiger partial charge in [0, 0.05) is 12.5 Å². The van der Waals surface area contributed by atoms with Crippen molar-refractivity contribution in [2.45, 2.75) is 65.3 Å².